The first-order chi connectivity index (χ1) is 13.3. The number of benzene rings is 2. The lowest BCUT2D eigenvalue weighted by Gasteiger charge is -2.29. The molecule has 1 atom stereocenters. The topological polar surface area (TPSA) is 63.5 Å². The number of nitrogens with one attached hydrogen (secondary N) is 2. The minimum atomic E-state index is 0.342. The summed E-state index contributed by atoms with van der Waals surface area (Å²) in [6, 6.07) is 20.8. The van der Waals surface area contributed by atoms with Gasteiger partial charge in [-0.25, -0.2) is 0 Å². The molecule has 5 nitrogen and oxygen atoms in total. The summed E-state index contributed by atoms with van der Waals surface area (Å²) in [7, 11) is 1.79. The molecule has 2 N–H and O–H groups in total. The Labute approximate surface area is 161 Å². The molecule has 27 heavy (non-hydrogen) atoms. The Hall–Kier alpha value is -2.84. The van der Waals surface area contributed by atoms with Crippen LogP contribution in [0.1, 0.15) is 35.6 Å². The van der Waals surface area contributed by atoms with Crippen molar-refractivity contribution in [2.45, 2.75) is 25.4 Å². The first-order valence-corrected chi connectivity index (χ1v) is 9.52. The van der Waals surface area contributed by atoms with Crippen molar-refractivity contribution in [2.75, 3.05) is 26.7 Å². The summed E-state index contributed by atoms with van der Waals surface area (Å²) in [5.74, 6) is 0.775. The van der Waals surface area contributed by atoms with E-state index in [9.17, 15) is 0 Å². The normalized spacial score (nSPS) is 15.9. The lowest BCUT2D eigenvalue weighted by Crippen LogP contribution is -2.42. The maximum Gasteiger partial charge on any atom is 0.191 e. The Kier molecular flexibility index (Phi) is 6.84. The van der Waals surface area contributed by atoms with Gasteiger partial charge in [-0.15, -0.1) is 0 Å². The van der Waals surface area contributed by atoms with Gasteiger partial charge in [0.2, 0.25) is 0 Å². The Bertz CT molecular complexity index is 788. The van der Waals surface area contributed by atoms with Crippen molar-refractivity contribution in [1.82, 2.24) is 15.5 Å². The van der Waals surface area contributed by atoms with Gasteiger partial charge in [0.1, 0.15) is 0 Å². The molecule has 0 amide bonds. The quantitative estimate of drug-likeness (QED) is 0.613. The second-order valence-electron chi connectivity index (χ2n) is 6.79. The number of nitrogens with zero attached hydrogens (tertiary/aromatic N) is 3. The maximum atomic E-state index is 9.03. The molecule has 1 fully saturated rings. The third-order valence-electron chi connectivity index (χ3n) is 4.97. The van der Waals surface area contributed by atoms with Gasteiger partial charge in [-0.3, -0.25) is 9.89 Å². The molecule has 1 unspecified atom stereocenters. The molecule has 1 heterocycles. The number of rotatable bonds is 6. The Morgan fingerprint density at radius 2 is 1.89 bits per heavy atom. The van der Waals surface area contributed by atoms with Crippen LogP contribution in [0.25, 0.3) is 0 Å². The van der Waals surface area contributed by atoms with Gasteiger partial charge in [-0.1, -0.05) is 42.5 Å². The fraction of sp³-hybridized carbons (Fsp3) is 0.364. The van der Waals surface area contributed by atoms with Gasteiger partial charge in [0.15, 0.2) is 5.96 Å². The summed E-state index contributed by atoms with van der Waals surface area (Å²) in [5, 5.41) is 15.9. The highest BCUT2D eigenvalue weighted by molar-refractivity contribution is 5.79. The third-order valence-corrected chi connectivity index (χ3v) is 4.97. The van der Waals surface area contributed by atoms with Crippen LogP contribution < -0.4 is 10.6 Å². The Morgan fingerprint density at radius 1 is 1.11 bits per heavy atom. The average Bonchev–Trinajstić information content (AvgIpc) is 3.26. The van der Waals surface area contributed by atoms with E-state index in [2.05, 4.69) is 56.9 Å². The predicted molar refractivity (Wildman–Crippen MR) is 109 cm³/mol. The molecule has 0 aromatic heterocycles. The molecule has 2 aromatic rings. The first kappa shape index (κ1) is 18.9. The average molecular weight is 361 g/mol. The van der Waals surface area contributed by atoms with E-state index >= 15 is 0 Å². The molecule has 1 saturated heterocycles. The van der Waals surface area contributed by atoms with Crippen LogP contribution in [-0.2, 0) is 6.54 Å². The smallest absolute Gasteiger partial charge is 0.191 e. The summed E-state index contributed by atoms with van der Waals surface area (Å²) in [6.45, 7) is 3.74. The van der Waals surface area contributed by atoms with Crippen molar-refractivity contribution in [3.8, 4) is 6.07 Å². The number of hydrogen-bond acceptors (Lipinski definition) is 3. The highest BCUT2D eigenvalue weighted by Gasteiger charge is 2.23. The van der Waals surface area contributed by atoms with Crippen LogP contribution in [0.3, 0.4) is 0 Å². The van der Waals surface area contributed by atoms with Gasteiger partial charge in [0, 0.05) is 20.1 Å². The molecule has 140 valence electrons. The van der Waals surface area contributed by atoms with Crippen LogP contribution in [0.5, 0.6) is 0 Å². The van der Waals surface area contributed by atoms with E-state index < -0.39 is 0 Å². The Balaban J connectivity index is 1.60. The second-order valence-corrected chi connectivity index (χ2v) is 6.79. The van der Waals surface area contributed by atoms with Gasteiger partial charge in [0.25, 0.3) is 0 Å². The largest absolute Gasteiger partial charge is 0.354 e. The molecule has 0 radical (unpaired) electrons. The van der Waals surface area contributed by atoms with E-state index in [1.807, 2.05) is 24.3 Å². The number of guanidine groups is 1. The van der Waals surface area contributed by atoms with Crippen LogP contribution in [0.2, 0.25) is 0 Å². The number of likely N-dealkylation sites (tertiary alicyclic amines) is 1. The molecule has 2 aromatic carbocycles. The zero-order chi connectivity index (χ0) is 18.9. The van der Waals surface area contributed by atoms with Gasteiger partial charge < -0.3 is 10.6 Å². The molecule has 0 saturated carbocycles. The van der Waals surface area contributed by atoms with Crippen LogP contribution in [0.15, 0.2) is 59.6 Å². The number of nitriles is 1. The molecule has 0 spiro atoms. The monoisotopic (exact) mass is 361 g/mol. The fourth-order valence-electron chi connectivity index (χ4n) is 3.54. The highest BCUT2D eigenvalue weighted by atomic mass is 15.2. The van der Waals surface area contributed by atoms with Crippen molar-refractivity contribution in [3.05, 3.63) is 71.3 Å². The molecule has 0 bridgehead atoms. The first-order valence-electron chi connectivity index (χ1n) is 9.52. The second kappa shape index (κ2) is 9.75. The molecule has 3 rings (SSSR count). The van der Waals surface area contributed by atoms with Crippen molar-refractivity contribution in [1.29, 1.82) is 5.26 Å². The van der Waals surface area contributed by atoms with Crippen LogP contribution in [-0.4, -0.2) is 37.5 Å². The van der Waals surface area contributed by atoms with Crippen LogP contribution in [0.4, 0.5) is 0 Å². The van der Waals surface area contributed by atoms with E-state index in [-0.39, 0.29) is 0 Å². The summed E-state index contributed by atoms with van der Waals surface area (Å²) in [5.41, 5.74) is 3.08. The lowest BCUT2D eigenvalue weighted by molar-refractivity contribution is 0.245. The van der Waals surface area contributed by atoms with Crippen molar-refractivity contribution >= 4 is 5.96 Å². The zero-order valence-electron chi connectivity index (χ0n) is 15.9. The van der Waals surface area contributed by atoms with Crippen LogP contribution >= 0.6 is 0 Å². The van der Waals surface area contributed by atoms with Gasteiger partial charge >= 0.3 is 0 Å². The number of aliphatic imine (C=N–C) groups is 1. The van der Waals surface area contributed by atoms with Crippen LogP contribution in [0, 0.1) is 11.3 Å². The number of hydrogen-bond donors (Lipinski definition) is 2. The minimum Gasteiger partial charge on any atom is -0.354 e. The van der Waals surface area contributed by atoms with Gasteiger partial charge in [0.05, 0.1) is 17.7 Å². The van der Waals surface area contributed by atoms with E-state index in [0.29, 0.717) is 18.2 Å². The minimum absolute atomic E-state index is 0.342. The zero-order valence-corrected chi connectivity index (χ0v) is 15.9. The maximum absolute atomic E-state index is 9.03. The Morgan fingerprint density at radius 3 is 2.59 bits per heavy atom. The molecule has 5 heteroatoms. The molecule has 1 aliphatic heterocycles. The van der Waals surface area contributed by atoms with Crippen molar-refractivity contribution in [3.63, 3.8) is 0 Å². The highest BCUT2D eigenvalue weighted by Crippen LogP contribution is 2.24. The molecule has 0 aliphatic carbocycles. The SMILES string of the molecule is CN=C(NCc1cccc(C#N)c1)NCC(c1ccccc1)N1CCCC1. The van der Waals surface area contributed by atoms with E-state index in [1.165, 1.54) is 18.4 Å². The lowest BCUT2D eigenvalue weighted by atomic mass is 10.1. The van der Waals surface area contributed by atoms with Gasteiger partial charge in [-0.05, 0) is 49.2 Å². The van der Waals surface area contributed by atoms with Gasteiger partial charge in [-0.2, -0.15) is 5.26 Å². The standard InChI is InChI=1S/C22H27N5/c1-24-22(25-16-19-9-7-8-18(14-19)15-23)26-17-21(27-12-5-6-13-27)20-10-3-2-4-11-20/h2-4,7-11,14,21H,5-6,12-13,16-17H2,1H3,(H2,24,25,26). The predicted octanol–water partition coefficient (Wildman–Crippen LogP) is 3.06. The fourth-order valence-corrected chi connectivity index (χ4v) is 3.54. The summed E-state index contributed by atoms with van der Waals surface area (Å²) >= 11 is 0. The van der Waals surface area contributed by atoms with E-state index in [1.54, 1.807) is 7.05 Å². The van der Waals surface area contributed by atoms with Crippen molar-refractivity contribution < 1.29 is 0 Å². The third kappa shape index (κ3) is 5.32. The van der Waals surface area contributed by atoms with E-state index in [0.717, 1.165) is 31.2 Å². The summed E-state index contributed by atoms with van der Waals surface area (Å²) in [4.78, 5) is 6.90. The molecular formula is C22H27N5. The van der Waals surface area contributed by atoms with E-state index in [4.69, 9.17) is 5.26 Å². The molecular weight excluding hydrogens is 334 g/mol. The van der Waals surface area contributed by atoms with Crippen molar-refractivity contribution in [2.24, 2.45) is 4.99 Å². The summed E-state index contributed by atoms with van der Waals surface area (Å²) < 4.78 is 0. The summed E-state index contributed by atoms with van der Waals surface area (Å²) in [6.07, 6.45) is 2.54. The molecule has 1 aliphatic rings.